The summed E-state index contributed by atoms with van der Waals surface area (Å²) in [5, 5.41) is 2.33. The Morgan fingerprint density at radius 3 is 0.867 bits per heavy atom. The van der Waals surface area contributed by atoms with Gasteiger partial charge in [-0.3, -0.25) is 19.9 Å². The van der Waals surface area contributed by atoms with E-state index in [0.29, 0.717) is 34.9 Å². The SMILES string of the molecule is c1ccc(-c2cc(-c3ccccc3)cc(-c3nc(-c4cccc(-c5ccccn5)c4)nc(-c4cccc(-c5ccccn5)c4)n3)c2)cc1.c1ccc(-c2ccc(-c3cc(-c4cc(-c5ccccc5)nc(-c5ccccc5)c4)cc(-c4ccccn4)c3)nc2)cc1.c1ccc(-c2ccc(-c3nc(-c4ccc5c(c4)C4(c6ccccc6-c6ccccc64)c4ccccc4-5)nc(-c4ccc5ccccc5c4)n3)cc2)cc1. The van der Waals surface area contributed by atoms with Crippen molar-refractivity contribution in [1.82, 2.24) is 54.8 Å². The topological polar surface area (TPSA) is 142 Å². The molecule has 24 aromatic rings. The molecule has 670 valence electrons. The van der Waals surface area contributed by atoms with Crippen LogP contribution in [0.4, 0.5) is 0 Å². The van der Waals surface area contributed by atoms with Crippen LogP contribution in [0.2, 0.25) is 0 Å². The summed E-state index contributed by atoms with van der Waals surface area (Å²) < 4.78 is 0. The summed E-state index contributed by atoms with van der Waals surface area (Å²) in [6.45, 7) is 0. The molecule has 2 aliphatic carbocycles. The van der Waals surface area contributed by atoms with Gasteiger partial charge in [0.1, 0.15) is 0 Å². The number of benzene rings is 17. The maximum Gasteiger partial charge on any atom is 0.164 e. The average Bonchev–Trinajstić information content (AvgIpc) is 1.51. The van der Waals surface area contributed by atoms with Crippen LogP contribution in [0.3, 0.4) is 0 Å². The Balaban J connectivity index is 0.000000116. The molecule has 0 unspecified atom stereocenters. The Kier molecular flexibility index (Phi) is 23.5. The summed E-state index contributed by atoms with van der Waals surface area (Å²) in [5.41, 5.74) is 38.2. The van der Waals surface area contributed by atoms with Crippen molar-refractivity contribution in [1.29, 1.82) is 0 Å². The molecule has 0 atom stereocenters. The molecule has 0 saturated heterocycles. The third kappa shape index (κ3) is 17.6. The van der Waals surface area contributed by atoms with Crippen molar-refractivity contribution < 1.29 is 0 Å². The molecule has 0 N–H and O–H groups in total. The standard InChI is InChI=1S/C50H31N3.C43H29N5.C39H27N3/c1-2-12-32(13-3-1)34-22-25-35(26-23-34)47-51-48(37-27-24-33-14-4-5-15-36(33)30-37)53-49(52-47)38-28-29-42-41-18-8-11-21-45(41)50(46(42)31-38)43-19-9-6-16-39(43)40-17-7-10-20-44(40)50;1-3-13-30(14-4-1)36-27-37(31-15-5-2-6-16-31)29-38(28-36)43-47-41(34-19-11-17-32(25-34)39-21-7-9-23-44-39)46-42(48-43)35-20-12-18-33(26-35)40-22-8-10-24-45-40;1-4-12-28(13-5-1)31-19-20-37(41-27-31)35-23-32(22-34(24-35)36-18-10-11-21-40-36)33-25-38(29-14-6-2-7-15-29)42-39(26-33)30-16-8-3-9-17-30/h1-31H;1-29H;1-27H. The van der Waals surface area contributed by atoms with Gasteiger partial charge in [0, 0.05) is 97.1 Å². The molecule has 11 heteroatoms. The highest BCUT2D eigenvalue weighted by atomic mass is 15.0. The van der Waals surface area contributed by atoms with Gasteiger partial charge in [-0.25, -0.2) is 34.9 Å². The van der Waals surface area contributed by atoms with Crippen LogP contribution in [0.15, 0.2) is 528 Å². The fourth-order valence-electron chi connectivity index (χ4n) is 19.8. The summed E-state index contributed by atoms with van der Waals surface area (Å²) in [6.07, 6.45) is 7.40. The molecule has 0 aliphatic heterocycles. The molecule has 26 rings (SSSR count). The van der Waals surface area contributed by atoms with E-state index in [0.717, 1.165) is 156 Å². The molecule has 1 spiro atoms. The average molecular weight is 1830 g/mol. The summed E-state index contributed by atoms with van der Waals surface area (Å²) in [7, 11) is 0. The zero-order valence-electron chi connectivity index (χ0n) is 77.6. The van der Waals surface area contributed by atoms with Gasteiger partial charge in [-0.2, -0.15) is 0 Å². The van der Waals surface area contributed by atoms with Crippen LogP contribution in [0.1, 0.15) is 22.3 Å². The van der Waals surface area contributed by atoms with Crippen molar-refractivity contribution in [2.75, 3.05) is 0 Å². The molecule has 143 heavy (non-hydrogen) atoms. The van der Waals surface area contributed by atoms with Gasteiger partial charge in [0.15, 0.2) is 34.9 Å². The van der Waals surface area contributed by atoms with E-state index in [1.165, 1.54) is 55.5 Å². The molecule has 17 aromatic carbocycles. The van der Waals surface area contributed by atoms with Crippen molar-refractivity contribution >= 4 is 10.8 Å². The number of fused-ring (bicyclic) bond motifs is 11. The fourth-order valence-corrected chi connectivity index (χ4v) is 19.8. The second-order valence-corrected chi connectivity index (χ2v) is 35.6. The zero-order chi connectivity index (χ0) is 95.2. The first-order valence-corrected chi connectivity index (χ1v) is 48.0. The number of hydrogen-bond acceptors (Lipinski definition) is 11. The van der Waals surface area contributed by atoms with Crippen molar-refractivity contribution in [2.24, 2.45) is 0 Å². The maximum atomic E-state index is 5.23. The number of hydrogen-bond donors (Lipinski definition) is 0. The van der Waals surface area contributed by atoms with E-state index >= 15 is 0 Å². The lowest BCUT2D eigenvalue weighted by molar-refractivity contribution is 0.794. The van der Waals surface area contributed by atoms with Crippen LogP contribution in [-0.4, -0.2) is 54.8 Å². The van der Waals surface area contributed by atoms with Crippen molar-refractivity contribution in [3.05, 3.63) is 551 Å². The van der Waals surface area contributed by atoms with Crippen LogP contribution in [0.25, 0.3) is 225 Å². The predicted octanol–water partition coefficient (Wildman–Crippen LogP) is 32.2. The molecule has 11 nitrogen and oxygen atoms in total. The molecule has 0 fully saturated rings. The van der Waals surface area contributed by atoms with Gasteiger partial charge < -0.3 is 0 Å². The molecule has 0 radical (unpaired) electrons. The Bertz CT molecular complexity index is 8490. The Morgan fingerprint density at radius 1 is 0.126 bits per heavy atom. The van der Waals surface area contributed by atoms with Crippen molar-refractivity contribution in [2.45, 2.75) is 5.41 Å². The Hall–Kier alpha value is -19.2. The first-order chi connectivity index (χ1) is 70.8. The number of pyridine rings is 5. The predicted molar refractivity (Wildman–Crippen MR) is 581 cm³/mol. The molecule has 0 bridgehead atoms. The van der Waals surface area contributed by atoms with Gasteiger partial charge >= 0.3 is 0 Å². The van der Waals surface area contributed by atoms with Gasteiger partial charge in [0.25, 0.3) is 0 Å². The quantitative estimate of drug-likeness (QED) is 0.0860. The van der Waals surface area contributed by atoms with Crippen LogP contribution in [-0.2, 0) is 5.41 Å². The summed E-state index contributed by atoms with van der Waals surface area (Å²) in [5.74, 6) is 3.71. The molecule has 0 amide bonds. The number of nitrogens with zero attached hydrogens (tertiary/aromatic N) is 11. The highest BCUT2D eigenvalue weighted by Crippen LogP contribution is 2.63. The lowest BCUT2D eigenvalue weighted by Crippen LogP contribution is -2.25. The number of aromatic nitrogens is 11. The van der Waals surface area contributed by atoms with Gasteiger partial charge in [-0.15, -0.1) is 0 Å². The molecule has 7 heterocycles. The third-order valence-electron chi connectivity index (χ3n) is 26.7. The van der Waals surface area contributed by atoms with Gasteiger partial charge in [0.2, 0.25) is 0 Å². The molecule has 2 aliphatic rings. The lowest BCUT2D eigenvalue weighted by atomic mass is 9.70. The first-order valence-electron chi connectivity index (χ1n) is 48.0. The van der Waals surface area contributed by atoms with Crippen molar-refractivity contribution in [3.63, 3.8) is 0 Å². The minimum atomic E-state index is -0.445. The van der Waals surface area contributed by atoms with Crippen LogP contribution in [0.5, 0.6) is 0 Å². The molecule has 0 saturated carbocycles. The first kappa shape index (κ1) is 86.6. The third-order valence-corrected chi connectivity index (χ3v) is 26.7. The van der Waals surface area contributed by atoms with Gasteiger partial charge in [0.05, 0.1) is 39.6 Å². The van der Waals surface area contributed by atoms with Crippen LogP contribution >= 0.6 is 0 Å². The highest BCUT2D eigenvalue weighted by molar-refractivity contribution is 5.97. The van der Waals surface area contributed by atoms with E-state index in [-0.39, 0.29) is 0 Å². The summed E-state index contributed by atoms with van der Waals surface area (Å²) in [4.78, 5) is 54.7. The molecular formula is C132H87N11. The maximum absolute atomic E-state index is 5.23. The highest BCUT2D eigenvalue weighted by Gasteiger charge is 2.52. The van der Waals surface area contributed by atoms with E-state index in [1.54, 1.807) is 12.4 Å². The fraction of sp³-hybridized carbons (Fsp3) is 0.00758. The monoisotopic (exact) mass is 1830 g/mol. The normalized spacial score (nSPS) is 11.7. The Morgan fingerprint density at radius 2 is 0.413 bits per heavy atom. The number of rotatable bonds is 17. The van der Waals surface area contributed by atoms with E-state index < -0.39 is 5.41 Å². The summed E-state index contributed by atoms with van der Waals surface area (Å²) >= 11 is 0. The van der Waals surface area contributed by atoms with E-state index in [1.807, 2.05) is 140 Å². The van der Waals surface area contributed by atoms with Crippen LogP contribution in [0, 0.1) is 0 Å². The minimum absolute atomic E-state index is 0.445. The minimum Gasteiger partial charge on any atom is -0.256 e. The van der Waals surface area contributed by atoms with E-state index in [2.05, 4.69) is 391 Å². The largest absolute Gasteiger partial charge is 0.256 e. The van der Waals surface area contributed by atoms with Crippen molar-refractivity contribution in [3.8, 4) is 214 Å². The van der Waals surface area contributed by atoms with E-state index in [4.69, 9.17) is 39.9 Å². The van der Waals surface area contributed by atoms with Gasteiger partial charge in [-0.1, -0.05) is 388 Å². The second-order valence-electron chi connectivity index (χ2n) is 35.6. The van der Waals surface area contributed by atoms with Gasteiger partial charge in [-0.05, 0) is 221 Å². The molecule has 7 aromatic heterocycles. The smallest absolute Gasteiger partial charge is 0.164 e. The molecular weight excluding hydrogens is 1740 g/mol. The second kappa shape index (κ2) is 38.7. The Labute approximate surface area is 829 Å². The summed E-state index contributed by atoms with van der Waals surface area (Å²) in [6, 6.07) is 175. The van der Waals surface area contributed by atoms with Crippen LogP contribution < -0.4 is 0 Å². The zero-order valence-corrected chi connectivity index (χ0v) is 77.6. The van der Waals surface area contributed by atoms with E-state index in [9.17, 15) is 0 Å². The lowest BCUT2D eigenvalue weighted by Gasteiger charge is -2.30.